The second kappa shape index (κ2) is 8.74. The zero-order valence-corrected chi connectivity index (χ0v) is 18.6. The van der Waals surface area contributed by atoms with E-state index in [4.69, 9.17) is 4.74 Å². The van der Waals surface area contributed by atoms with Crippen molar-refractivity contribution in [2.75, 3.05) is 13.1 Å². The van der Waals surface area contributed by atoms with Crippen LogP contribution in [0.1, 0.15) is 74.1 Å². The van der Waals surface area contributed by atoms with Gasteiger partial charge in [0.15, 0.2) is 0 Å². The predicted octanol–water partition coefficient (Wildman–Crippen LogP) is 4.70. The van der Waals surface area contributed by atoms with Crippen molar-refractivity contribution in [3.8, 4) is 0 Å². The Hall–Kier alpha value is -2.82. The molecule has 2 N–H and O–H groups in total. The number of ether oxygens (including phenoxy) is 1. The molecule has 5 rings (SSSR count). The molecular weight excluding hydrogens is 388 g/mol. The van der Waals surface area contributed by atoms with E-state index >= 15 is 0 Å². The van der Waals surface area contributed by atoms with Gasteiger partial charge >= 0.3 is 6.09 Å². The van der Waals surface area contributed by atoms with Crippen LogP contribution in [0.25, 0.3) is 0 Å². The molecule has 164 valence electrons. The molecule has 31 heavy (non-hydrogen) atoms. The van der Waals surface area contributed by atoms with Gasteiger partial charge in [-0.25, -0.2) is 4.79 Å². The van der Waals surface area contributed by atoms with Crippen molar-refractivity contribution in [1.29, 1.82) is 0 Å². The maximum absolute atomic E-state index is 12.4. The number of amides is 2. The van der Waals surface area contributed by atoms with Gasteiger partial charge in [0.1, 0.15) is 5.60 Å². The predicted molar refractivity (Wildman–Crippen MR) is 121 cm³/mol. The average Bonchev–Trinajstić information content (AvgIpc) is 2.74. The summed E-state index contributed by atoms with van der Waals surface area (Å²) in [6, 6.07) is 17.5. The molecule has 2 bridgehead atoms. The quantitative estimate of drug-likeness (QED) is 0.666. The smallest absolute Gasteiger partial charge is 0.407 e. The van der Waals surface area contributed by atoms with Crippen LogP contribution in [0.3, 0.4) is 0 Å². The van der Waals surface area contributed by atoms with Crippen molar-refractivity contribution in [1.82, 2.24) is 10.6 Å². The summed E-state index contributed by atoms with van der Waals surface area (Å²) >= 11 is 0. The number of carbonyl (C=O) groups excluding carboxylic acids is 2. The Labute approximate surface area is 184 Å². The van der Waals surface area contributed by atoms with E-state index in [0.29, 0.717) is 43.7 Å². The maximum Gasteiger partial charge on any atom is 0.407 e. The molecule has 1 atom stereocenters. The molecule has 5 heteroatoms. The minimum Gasteiger partial charge on any atom is -0.444 e. The molecule has 5 nitrogen and oxygen atoms in total. The SMILES string of the molecule is CC(C)(C)OC(=O)NCCCC(=O)NCC1CC2c3ccccc3C1c1ccccc12. The number of nitrogens with one attached hydrogen (secondary N) is 2. The van der Waals surface area contributed by atoms with Crippen molar-refractivity contribution < 1.29 is 14.3 Å². The van der Waals surface area contributed by atoms with Crippen molar-refractivity contribution in [2.45, 2.75) is 57.5 Å². The van der Waals surface area contributed by atoms with Gasteiger partial charge in [-0.3, -0.25) is 4.79 Å². The molecule has 1 unspecified atom stereocenters. The summed E-state index contributed by atoms with van der Waals surface area (Å²) < 4.78 is 5.21. The second-order valence-corrected chi connectivity index (χ2v) is 9.62. The molecule has 0 heterocycles. The number of hydrogen-bond acceptors (Lipinski definition) is 3. The highest BCUT2D eigenvalue weighted by molar-refractivity contribution is 5.76. The fourth-order valence-corrected chi connectivity index (χ4v) is 5.05. The standard InChI is InChI=1S/C26H32N2O3/c1-26(2,3)31-25(30)27-14-8-13-23(29)28-16-17-15-22-18-9-4-6-11-20(18)24(17)21-12-7-5-10-19(21)22/h4-7,9-12,17,22,24H,8,13-16H2,1-3H3,(H,27,30)(H,28,29). The molecule has 2 aromatic carbocycles. The fraction of sp³-hybridized carbons (Fsp3) is 0.462. The van der Waals surface area contributed by atoms with Gasteiger partial charge in [0.25, 0.3) is 0 Å². The van der Waals surface area contributed by atoms with E-state index in [1.54, 1.807) is 0 Å². The van der Waals surface area contributed by atoms with Crippen molar-refractivity contribution >= 4 is 12.0 Å². The average molecular weight is 421 g/mol. The lowest BCUT2D eigenvalue weighted by Crippen LogP contribution is -2.39. The summed E-state index contributed by atoms with van der Waals surface area (Å²) in [7, 11) is 0. The van der Waals surface area contributed by atoms with E-state index < -0.39 is 11.7 Å². The zero-order chi connectivity index (χ0) is 22.0. The lowest BCUT2D eigenvalue weighted by molar-refractivity contribution is -0.121. The van der Waals surface area contributed by atoms with Gasteiger partial charge in [-0.05, 0) is 61.8 Å². The third kappa shape index (κ3) is 4.76. The van der Waals surface area contributed by atoms with Crippen LogP contribution in [-0.2, 0) is 9.53 Å². The first-order valence-corrected chi connectivity index (χ1v) is 11.2. The van der Waals surface area contributed by atoms with Crippen molar-refractivity contribution in [3.63, 3.8) is 0 Å². The Kier molecular flexibility index (Phi) is 6.03. The van der Waals surface area contributed by atoms with Gasteiger partial charge in [-0.2, -0.15) is 0 Å². The van der Waals surface area contributed by atoms with Gasteiger partial charge < -0.3 is 15.4 Å². The number of hydrogen-bond donors (Lipinski definition) is 2. The maximum atomic E-state index is 12.4. The largest absolute Gasteiger partial charge is 0.444 e. The van der Waals surface area contributed by atoms with Gasteiger partial charge in [0.05, 0.1) is 0 Å². The van der Waals surface area contributed by atoms with Crippen LogP contribution in [0.5, 0.6) is 0 Å². The first-order chi connectivity index (χ1) is 14.8. The summed E-state index contributed by atoms with van der Waals surface area (Å²) in [6.07, 6.45) is 1.61. The Morgan fingerprint density at radius 1 is 0.935 bits per heavy atom. The van der Waals surface area contributed by atoms with E-state index in [0.717, 1.165) is 6.42 Å². The Bertz CT molecular complexity index is 916. The van der Waals surface area contributed by atoms with E-state index in [-0.39, 0.29) is 5.91 Å². The minimum absolute atomic E-state index is 0.0361. The van der Waals surface area contributed by atoms with Gasteiger partial charge in [-0.15, -0.1) is 0 Å². The Morgan fingerprint density at radius 3 is 2.10 bits per heavy atom. The summed E-state index contributed by atoms with van der Waals surface area (Å²) in [5.74, 6) is 1.19. The highest BCUT2D eigenvalue weighted by Gasteiger charge is 2.42. The Morgan fingerprint density at radius 2 is 1.52 bits per heavy atom. The van der Waals surface area contributed by atoms with Crippen LogP contribution < -0.4 is 10.6 Å². The summed E-state index contributed by atoms with van der Waals surface area (Å²) in [4.78, 5) is 24.1. The van der Waals surface area contributed by atoms with Gasteiger partial charge in [0, 0.05) is 31.3 Å². The van der Waals surface area contributed by atoms with E-state index in [1.807, 2.05) is 20.8 Å². The summed E-state index contributed by atoms with van der Waals surface area (Å²) in [5, 5.41) is 5.85. The number of rotatable bonds is 6. The van der Waals surface area contributed by atoms with Gasteiger partial charge in [0.2, 0.25) is 5.91 Å². The van der Waals surface area contributed by atoms with E-state index in [2.05, 4.69) is 59.2 Å². The van der Waals surface area contributed by atoms with E-state index in [9.17, 15) is 9.59 Å². The summed E-state index contributed by atoms with van der Waals surface area (Å²) in [6.45, 7) is 6.59. The molecule has 0 aromatic heterocycles. The van der Waals surface area contributed by atoms with Crippen LogP contribution in [0, 0.1) is 5.92 Å². The molecule has 0 radical (unpaired) electrons. The zero-order valence-electron chi connectivity index (χ0n) is 18.6. The molecule has 0 saturated heterocycles. The number of fused-ring (bicyclic) bond motifs is 1. The minimum atomic E-state index is -0.516. The highest BCUT2D eigenvalue weighted by Crippen LogP contribution is 2.55. The highest BCUT2D eigenvalue weighted by atomic mass is 16.6. The molecule has 0 spiro atoms. The molecule has 2 aromatic rings. The molecule has 0 fully saturated rings. The van der Waals surface area contributed by atoms with Crippen LogP contribution in [0.2, 0.25) is 0 Å². The number of alkyl carbamates (subject to hydrolysis) is 1. The number of benzene rings is 2. The lowest BCUT2D eigenvalue weighted by Gasteiger charge is -2.45. The van der Waals surface area contributed by atoms with Crippen molar-refractivity contribution in [3.05, 3.63) is 70.8 Å². The molecule has 0 saturated carbocycles. The topological polar surface area (TPSA) is 67.4 Å². The van der Waals surface area contributed by atoms with Crippen molar-refractivity contribution in [2.24, 2.45) is 5.92 Å². The molecule has 0 aliphatic heterocycles. The summed E-state index contributed by atoms with van der Waals surface area (Å²) in [5.41, 5.74) is 5.21. The molecule has 3 aliphatic rings. The lowest BCUT2D eigenvalue weighted by atomic mass is 9.59. The normalized spacial score (nSPS) is 21.1. The molecule has 2 amide bonds. The van der Waals surface area contributed by atoms with Gasteiger partial charge in [-0.1, -0.05) is 48.5 Å². The Balaban J connectivity index is 1.30. The third-order valence-corrected chi connectivity index (χ3v) is 6.23. The second-order valence-electron chi connectivity index (χ2n) is 9.62. The van der Waals surface area contributed by atoms with Crippen LogP contribution in [0.4, 0.5) is 4.79 Å². The van der Waals surface area contributed by atoms with E-state index in [1.165, 1.54) is 22.3 Å². The molecular formula is C26H32N2O3. The fourth-order valence-electron chi connectivity index (χ4n) is 5.05. The third-order valence-electron chi connectivity index (χ3n) is 6.23. The van der Waals surface area contributed by atoms with Crippen LogP contribution in [0.15, 0.2) is 48.5 Å². The van der Waals surface area contributed by atoms with Crippen LogP contribution in [-0.4, -0.2) is 30.7 Å². The first-order valence-electron chi connectivity index (χ1n) is 11.2. The number of carbonyl (C=O) groups is 2. The monoisotopic (exact) mass is 420 g/mol. The first kappa shape index (κ1) is 21.4. The van der Waals surface area contributed by atoms with Crippen LogP contribution >= 0.6 is 0 Å². The molecule has 3 aliphatic carbocycles.